The van der Waals surface area contributed by atoms with E-state index in [1.54, 1.807) is 24.3 Å². The molecule has 0 radical (unpaired) electrons. The lowest BCUT2D eigenvalue weighted by Gasteiger charge is -2.29. The monoisotopic (exact) mass is 643 g/mol. The number of carbonyl (C=O) groups excluding carboxylic acids is 2. The number of ether oxygens (including phenoxy) is 1. The zero-order valence-electron chi connectivity index (χ0n) is 25.7. The fourth-order valence-corrected chi connectivity index (χ4v) is 3.95. The van der Waals surface area contributed by atoms with Crippen LogP contribution in [0.1, 0.15) is 57.5 Å². The number of pyridine rings is 1. The van der Waals surface area contributed by atoms with Crippen molar-refractivity contribution in [1.82, 2.24) is 10.3 Å². The molecule has 1 aromatic heterocycles. The lowest BCUT2D eigenvalue weighted by molar-refractivity contribution is 0.0697. The largest absolute Gasteiger partial charge is 0.481 e. The van der Waals surface area contributed by atoms with Crippen molar-refractivity contribution < 1.29 is 42.3 Å². The Labute approximate surface area is 261 Å². The van der Waals surface area contributed by atoms with E-state index in [4.69, 9.17) is 20.4 Å². The molecule has 242 valence electrons. The molecule has 3 aromatic rings. The number of nitrogens with zero attached hydrogens (tertiary/aromatic N) is 2. The molecule has 1 atom stereocenters. The van der Waals surface area contributed by atoms with Gasteiger partial charge in [0, 0.05) is 35.5 Å². The first-order valence-electron chi connectivity index (χ1n) is 13.3. The minimum atomic E-state index is -3.67. The van der Waals surface area contributed by atoms with Crippen LogP contribution in [0.25, 0.3) is 11.1 Å². The molecular formula is C30H37N5O9S. The van der Waals surface area contributed by atoms with E-state index in [9.17, 15) is 33.0 Å². The maximum Gasteiger partial charge on any atom is 0.336 e. The van der Waals surface area contributed by atoms with Gasteiger partial charge in [-0.1, -0.05) is 26.8 Å². The summed E-state index contributed by atoms with van der Waals surface area (Å²) in [5.41, 5.74) is 6.29. The van der Waals surface area contributed by atoms with E-state index in [1.807, 2.05) is 20.8 Å². The summed E-state index contributed by atoms with van der Waals surface area (Å²) in [6.07, 6.45) is 0.715. The molecule has 7 N–H and O–H groups in total. The third-order valence-corrected chi connectivity index (χ3v) is 6.49. The molecule has 0 saturated heterocycles. The van der Waals surface area contributed by atoms with Crippen molar-refractivity contribution in [3.63, 3.8) is 0 Å². The van der Waals surface area contributed by atoms with Gasteiger partial charge in [-0.2, -0.15) is 8.42 Å². The Morgan fingerprint density at radius 3 is 2.04 bits per heavy atom. The van der Waals surface area contributed by atoms with Gasteiger partial charge < -0.3 is 30.9 Å². The van der Waals surface area contributed by atoms with Gasteiger partial charge in [0.15, 0.2) is 0 Å². The standard InChI is InChI=1S/C29H33N5O6.CH4O3S/c1-29(2,3)22(15-35)32-26(36)17-8-11-19(21(14-17)28(38)39)20-12-13-23(40-5)33-24(20)27(37)34(4)18-9-6-16(7-10-18)25(30)31;1-5(2,3)4/h6-14,22,35H,15H2,1-5H3,(H3,30,31)(H,32,36)(H,38,39);1H3,(H,2,3,4). The summed E-state index contributed by atoms with van der Waals surface area (Å²) < 4.78 is 31.1. The Bertz CT molecular complexity index is 1680. The van der Waals surface area contributed by atoms with Crippen LogP contribution in [0.15, 0.2) is 54.6 Å². The zero-order chi connectivity index (χ0) is 34.3. The van der Waals surface area contributed by atoms with Crippen molar-refractivity contribution in [2.75, 3.05) is 31.9 Å². The first-order valence-corrected chi connectivity index (χ1v) is 15.1. The number of benzene rings is 2. The van der Waals surface area contributed by atoms with Crippen molar-refractivity contribution in [2.45, 2.75) is 26.8 Å². The number of hydrogen-bond donors (Lipinski definition) is 6. The van der Waals surface area contributed by atoms with E-state index in [1.165, 1.54) is 49.4 Å². The highest BCUT2D eigenvalue weighted by Crippen LogP contribution is 2.31. The van der Waals surface area contributed by atoms with Crippen LogP contribution in [0.5, 0.6) is 5.88 Å². The molecule has 0 bridgehead atoms. The van der Waals surface area contributed by atoms with Crippen LogP contribution in [-0.4, -0.2) is 84.8 Å². The Hall–Kier alpha value is -4.86. The van der Waals surface area contributed by atoms with Gasteiger partial charge in [-0.3, -0.25) is 19.6 Å². The first kappa shape index (κ1) is 36.3. The Morgan fingerprint density at radius 2 is 1.58 bits per heavy atom. The Balaban J connectivity index is 0.00000130. The molecule has 0 aliphatic rings. The van der Waals surface area contributed by atoms with E-state index in [-0.39, 0.29) is 46.3 Å². The van der Waals surface area contributed by atoms with E-state index >= 15 is 0 Å². The highest BCUT2D eigenvalue weighted by molar-refractivity contribution is 7.85. The number of aromatic carboxylic acids is 1. The number of amides is 2. The molecule has 1 unspecified atom stereocenters. The average molecular weight is 644 g/mol. The number of anilines is 1. The molecule has 0 aliphatic heterocycles. The van der Waals surface area contributed by atoms with Crippen LogP contribution in [0, 0.1) is 10.8 Å². The lowest BCUT2D eigenvalue weighted by Crippen LogP contribution is -2.46. The summed E-state index contributed by atoms with van der Waals surface area (Å²) in [7, 11) is -0.734. The van der Waals surface area contributed by atoms with Crippen molar-refractivity contribution in [1.29, 1.82) is 5.41 Å². The van der Waals surface area contributed by atoms with Crippen molar-refractivity contribution in [3.05, 3.63) is 77.0 Å². The molecule has 2 aromatic carbocycles. The molecule has 2 amide bonds. The summed E-state index contributed by atoms with van der Waals surface area (Å²) in [4.78, 5) is 44.5. The summed E-state index contributed by atoms with van der Waals surface area (Å²) >= 11 is 0. The van der Waals surface area contributed by atoms with Gasteiger partial charge >= 0.3 is 5.97 Å². The summed E-state index contributed by atoms with van der Waals surface area (Å²) in [6.45, 7) is 5.31. The zero-order valence-corrected chi connectivity index (χ0v) is 26.5. The summed E-state index contributed by atoms with van der Waals surface area (Å²) in [6, 6.07) is 13.1. The topological polar surface area (TPSA) is 233 Å². The normalized spacial score (nSPS) is 11.8. The van der Waals surface area contributed by atoms with E-state index in [2.05, 4.69) is 10.3 Å². The van der Waals surface area contributed by atoms with Crippen molar-refractivity contribution in [3.8, 4) is 17.0 Å². The van der Waals surface area contributed by atoms with Gasteiger partial charge in [-0.25, -0.2) is 9.78 Å². The number of nitrogen functional groups attached to an aromatic ring is 1. The molecule has 0 spiro atoms. The molecule has 45 heavy (non-hydrogen) atoms. The number of aliphatic hydroxyl groups excluding tert-OH is 1. The van der Waals surface area contributed by atoms with Gasteiger partial charge in [-0.15, -0.1) is 0 Å². The SMILES string of the molecule is COc1ccc(-c2ccc(C(=O)NC(CO)C(C)(C)C)cc2C(=O)O)c(C(=O)N(C)c2ccc(C(=N)N)cc2)n1.CS(=O)(=O)O. The van der Waals surface area contributed by atoms with Crippen molar-refractivity contribution in [2.24, 2.45) is 11.1 Å². The van der Waals surface area contributed by atoms with Crippen LogP contribution in [0.3, 0.4) is 0 Å². The number of nitrogens with one attached hydrogen (secondary N) is 2. The molecule has 1 heterocycles. The molecule has 14 nitrogen and oxygen atoms in total. The average Bonchev–Trinajstić information content (AvgIpc) is 2.96. The third-order valence-electron chi connectivity index (χ3n) is 6.49. The van der Waals surface area contributed by atoms with Crippen LogP contribution in [0.2, 0.25) is 0 Å². The van der Waals surface area contributed by atoms with Crippen LogP contribution >= 0.6 is 0 Å². The number of aromatic nitrogens is 1. The highest BCUT2D eigenvalue weighted by Gasteiger charge is 2.28. The fraction of sp³-hybridized carbons (Fsp3) is 0.300. The number of rotatable bonds is 9. The predicted octanol–water partition coefficient (Wildman–Crippen LogP) is 2.66. The highest BCUT2D eigenvalue weighted by atomic mass is 32.2. The van der Waals surface area contributed by atoms with Gasteiger partial charge in [0.1, 0.15) is 11.5 Å². The van der Waals surface area contributed by atoms with Crippen LogP contribution in [0.4, 0.5) is 5.69 Å². The van der Waals surface area contributed by atoms with Crippen molar-refractivity contribution >= 4 is 39.4 Å². The third kappa shape index (κ3) is 10.1. The number of hydrogen-bond acceptors (Lipinski definition) is 9. The van der Waals surface area contributed by atoms with Gasteiger partial charge in [0.25, 0.3) is 21.9 Å². The van der Waals surface area contributed by atoms with E-state index < -0.39 is 39.4 Å². The first-order chi connectivity index (χ1) is 20.8. The van der Waals surface area contributed by atoms with Gasteiger partial charge in [0.2, 0.25) is 5.88 Å². The second-order valence-electron chi connectivity index (χ2n) is 10.9. The maximum atomic E-state index is 13.6. The second kappa shape index (κ2) is 14.7. The number of carbonyl (C=O) groups is 3. The second-order valence-corrected chi connectivity index (χ2v) is 12.4. The number of amidine groups is 1. The molecule has 0 saturated carbocycles. The molecule has 0 aliphatic carbocycles. The molecule has 3 rings (SSSR count). The quantitative estimate of drug-likeness (QED) is 0.113. The van der Waals surface area contributed by atoms with Gasteiger partial charge in [0.05, 0.1) is 31.6 Å². The number of aliphatic hydroxyl groups is 1. The molecule has 15 heteroatoms. The summed E-state index contributed by atoms with van der Waals surface area (Å²) in [5, 5.41) is 30.0. The molecule has 0 fully saturated rings. The minimum absolute atomic E-state index is 0.0646. The molecular weight excluding hydrogens is 606 g/mol. The summed E-state index contributed by atoms with van der Waals surface area (Å²) in [5.74, 6) is -2.35. The number of methoxy groups -OCH3 is 1. The lowest BCUT2D eigenvalue weighted by atomic mass is 9.87. The van der Waals surface area contributed by atoms with E-state index in [0.29, 0.717) is 17.5 Å². The number of carboxylic acid groups (broad SMARTS) is 1. The fourth-order valence-electron chi connectivity index (χ4n) is 3.95. The van der Waals surface area contributed by atoms with Gasteiger partial charge in [-0.05, 0) is 53.4 Å². The Kier molecular flexibility index (Phi) is 11.9. The van der Waals surface area contributed by atoms with E-state index in [0.717, 1.165) is 0 Å². The number of carboxylic acids is 1. The van der Waals surface area contributed by atoms with Crippen LogP contribution < -0.4 is 20.7 Å². The smallest absolute Gasteiger partial charge is 0.336 e. The maximum absolute atomic E-state index is 13.6. The number of nitrogens with two attached hydrogens (primary N) is 1. The Morgan fingerprint density at radius 1 is 1.04 bits per heavy atom. The van der Waals surface area contributed by atoms with Crippen LogP contribution in [-0.2, 0) is 10.1 Å². The predicted molar refractivity (Wildman–Crippen MR) is 169 cm³/mol. The minimum Gasteiger partial charge on any atom is -0.481 e.